The Balaban J connectivity index is 2.00. The van der Waals surface area contributed by atoms with E-state index in [1.165, 1.54) is 11.0 Å². The molecule has 1 amide bonds. The zero-order chi connectivity index (χ0) is 15.4. The number of hydrogen-bond donors (Lipinski definition) is 0. The fraction of sp³-hybridized carbons (Fsp3) is 0.429. The van der Waals surface area contributed by atoms with Gasteiger partial charge in [-0.25, -0.2) is 4.39 Å². The minimum Gasteiger partial charge on any atom is -0.382 e. The molecule has 0 saturated carbocycles. The Morgan fingerprint density at radius 2 is 2.00 bits per heavy atom. The standard InChI is InChI=1S/C14H15ClFNO4/c1-20-5-6-21-4-2-3-17-12-8-11(16)10(15)7-9(12)13(18)14(17)19/h7-8H,2-6H2,1H3. The number of rotatable bonds is 7. The first-order chi connectivity index (χ1) is 10.1. The van der Waals surface area contributed by atoms with Crippen molar-refractivity contribution in [2.75, 3.05) is 38.4 Å². The lowest BCUT2D eigenvalue weighted by molar-refractivity contribution is -0.114. The maximum Gasteiger partial charge on any atom is 0.299 e. The van der Waals surface area contributed by atoms with Gasteiger partial charge in [-0.05, 0) is 18.6 Å². The summed E-state index contributed by atoms with van der Waals surface area (Å²) in [5, 5.41) is -0.167. The molecular formula is C14H15ClFNO4. The molecule has 1 aliphatic rings. The van der Waals surface area contributed by atoms with Gasteiger partial charge in [0.25, 0.3) is 11.7 Å². The van der Waals surface area contributed by atoms with Gasteiger partial charge in [-0.15, -0.1) is 0 Å². The maximum atomic E-state index is 13.5. The number of nitrogens with zero attached hydrogens (tertiary/aromatic N) is 1. The Hall–Kier alpha value is -1.50. The van der Waals surface area contributed by atoms with Crippen molar-refractivity contribution in [3.8, 4) is 0 Å². The molecule has 5 nitrogen and oxygen atoms in total. The number of fused-ring (bicyclic) bond motifs is 1. The fourth-order valence-corrected chi connectivity index (χ4v) is 2.24. The van der Waals surface area contributed by atoms with Gasteiger partial charge in [0, 0.05) is 20.3 Å². The van der Waals surface area contributed by atoms with Crippen LogP contribution >= 0.6 is 11.6 Å². The van der Waals surface area contributed by atoms with Crippen molar-refractivity contribution in [1.29, 1.82) is 0 Å². The molecule has 0 N–H and O–H groups in total. The number of anilines is 1. The maximum absolute atomic E-state index is 13.5. The van der Waals surface area contributed by atoms with Crippen LogP contribution in [0.15, 0.2) is 12.1 Å². The van der Waals surface area contributed by atoms with Gasteiger partial charge in [-0.2, -0.15) is 0 Å². The van der Waals surface area contributed by atoms with Crippen molar-refractivity contribution in [1.82, 2.24) is 0 Å². The number of hydrogen-bond acceptors (Lipinski definition) is 4. The Morgan fingerprint density at radius 3 is 2.71 bits per heavy atom. The molecule has 2 rings (SSSR count). The molecule has 0 radical (unpaired) electrons. The summed E-state index contributed by atoms with van der Waals surface area (Å²) < 4.78 is 23.6. The minimum absolute atomic E-state index is 0.145. The number of Topliss-reactive ketones (excluding diaryl/α,β-unsaturated/α-hetero) is 1. The SMILES string of the molecule is COCCOCCCN1C(=O)C(=O)c2cc(Cl)c(F)cc21. The monoisotopic (exact) mass is 315 g/mol. The molecule has 0 unspecified atom stereocenters. The molecule has 1 aromatic rings. The lowest BCUT2D eigenvalue weighted by Crippen LogP contribution is -2.31. The van der Waals surface area contributed by atoms with Crippen LogP contribution in [0.3, 0.4) is 0 Å². The van der Waals surface area contributed by atoms with Crippen LogP contribution in [0.2, 0.25) is 5.02 Å². The van der Waals surface area contributed by atoms with Crippen molar-refractivity contribution < 1.29 is 23.5 Å². The average Bonchev–Trinajstić information content (AvgIpc) is 2.68. The van der Waals surface area contributed by atoms with Crippen molar-refractivity contribution in [3.05, 3.63) is 28.5 Å². The quantitative estimate of drug-likeness (QED) is 0.571. The van der Waals surface area contributed by atoms with E-state index in [1.807, 2.05) is 0 Å². The lowest BCUT2D eigenvalue weighted by atomic mass is 10.1. The van der Waals surface area contributed by atoms with Gasteiger partial charge in [-0.1, -0.05) is 11.6 Å². The van der Waals surface area contributed by atoms with Crippen LogP contribution in [0.1, 0.15) is 16.8 Å². The minimum atomic E-state index is -0.663. The number of benzene rings is 1. The normalized spacial score (nSPS) is 14.0. The molecule has 21 heavy (non-hydrogen) atoms. The summed E-state index contributed by atoms with van der Waals surface area (Å²) in [6.07, 6.45) is 0.534. The molecule has 0 aromatic heterocycles. The molecule has 0 saturated heterocycles. The topological polar surface area (TPSA) is 55.8 Å². The van der Waals surface area contributed by atoms with E-state index in [0.29, 0.717) is 26.2 Å². The van der Waals surface area contributed by atoms with Crippen molar-refractivity contribution >= 4 is 29.0 Å². The zero-order valence-corrected chi connectivity index (χ0v) is 12.3. The predicted octanol–water partition coefficient (Wildman–Crippen LogP) is 2.06. The summed E-state index contributed by atoms with van der Waals surface area (Å²) in [4.78, 5) is 25.0. The van der Waals surface area contributed by atoms with E-state index in [2.05, 4.69) is 0 Å². The number of amides is 1. The molecule has 1 aromatic carbocycles. The second-order valence-corrected chi connectivity index (χ2v) is 4.94. The van der Waals surface area contributed by atoms with Crippen LogP contribution in [0.5, 0.6) is 0 Å². The molecule has 0 aliphatic carbocycles. The highest BCUT2D eigenvalue weighted by atomic mass is 35.5. The summed E-state index contributed by atoms with van der Waals surface area (Å²) >= 11 is 5.64. The third-order valence-electron chi connectivity index (χ3n) is 3.12. The summed E-state index contributed by atoms with van der Waals surface area (Å²) in [6.45, 7) is 1.66. The number of ketones is 1. The van der Waals surface area contributed by atoms with Gasteiger partial charge in [0.15, 0.2) is 0 Å². The van der Waals surface area contributed by atoms with Crippen LogP contribution < -0.4 is 4.90 Å². The third-order valence-corrected chi connectivity index (χ3v) is 3.41. The number of halogens is 2. The molecule has 0 bridgehead atoms. The van der Waals surface area contributed by atoms with Gasteiger partial charge in [-0.3, -0.25) is 9.59 Å². The van der Waals surface area contributed by atoms with E-state index in [9.17, 15) is 14.0 Å². The summed E-state index contributed by atoms with van der Waals surface area (Å²) in [5.74, 6) is -1.98. The summed E-state index contributed by atoms with van der Waals surface area (Å²) in [7, 11) is 1.58. The van der Waals surface area contributed by atoms with E-state index in [4.69, 9.17) is 21.1 Å². The van der Waals surface area contributed by atoms with E-state index in [1.54, 1.807) is 7.11 Å². The van der Waals surface area contributed by atoms with E-state index in [-0.39, 0.29) is 22.8 Å². The van der Waals surface area contributed by atoms with Crippen LogP contribution in [0, 0.1) is 5.82 Å². The molecule has 0 atom stereocenters. The van der Waals surface area contributed by atoms with Gasteiger partial charge >= 0.3 is 0 Å². The smallest absolute Gasteiger partial charge is 0.299 e. The second kappa shape index (κ2) is 6.98. The van der Waals surface area contributed by atoms with Crippen molar-refractivity contribution in [3.63, 3.8) is 0 Å². The Morgan fingerprint density at radius 1 is 1.24 bits per heavy atom. The fourth-order valence-electron chi connectivity index (χ4n) is 2.08. The molecule has 7 heteroatoms. The molecule has 1 aliphatic heterocycles. The van der Waals surface area contributed by atoms with Crippen LogP contribution in [0.25, 0.3) is 0 Å². The number of carbonyl (C=O) groups is 2. The second-order valence-electron chi connectivity index (χ2n) is 4.53. The number of carbonyl (C=O) groups excluding carboxylic acids is 2. The highest BCUT2D eigenvalue weighted by molar-refractivity contribution is 6.52. The molecule has 114 valence electrons. The van der Waals surface area contributed by atoms with Crippen LogP contribution in [0.4, 0.5) is 10.1 Å². The first-order valence-corrected chi connectivity index (χ1v) is 6.86. The highest BCUT2D eigenvalue weighted by Gasteiger charge is 2.36. The van der Waals surface area contributed by atoms with Gasteiger partial charge in [0.05, 0.1) is 29.5 Å². The van der Waals surface area contributed by atoms with Gasteiger partial charge < -0.3 is 14.4 Å². The molecule has 0 fully saturated rings. The van der Waals surface area contributed by atoms with Crippen LogP contribution in [-0.4, -0.2) is 45.2 Å². The van der Waals surface area contributed by atoms with Crippen LogP contribution in [-0.2, 0) is 14.3 Å². The van der Waals surface area contributed by atoms with Crippen molar-refractivity contribution in [2.45, 2.75) is 6.42 Å². The third kappa shape index (κ3) is 3.40. The Bertz CT molecular complexity index is 564. The highest BCUT2D eigenvalue weighted by Crippen LogP contribution is 2.33. The van der Waals surface area contributed by atoms with Crippen molar-refractivity contribution in [2.24, 2.45) is 0 Å². The lowest BCUT2D eigenvalue weighted by Gasteiger charge is -2.16. The molecule has 0 spiro atoms. The Labute approximate surface area is 126 Å². The predicted molar refractivity (Wildman–Crippen MR) is 75.4 cm³/mol. The number of methoxy groups -OCH3 is 1. The van der Waals surface area contributed by atoms with E-state index in [0.717, 1.165) is 6.07 Å². The van der Waals surface area contributed by atoms with E-state index < -0.39 is 17.5 Å². The first-order valence-electron chi connectivity index (χ1n) is 6.48. The Kier molecular flexibility index (Phi) is 5.27. The van der Waals surface area contributed by atoms with Gasteiger partial charge in [0.2, 0.25) is 0 Å². The largest absolute Gasteiger partial charge is 0.382 e. The molecule has 1 heterocycles. The zero-order valence-electron chi connectivity index (χ0n) is 11.5. The summed E-state index contributed by atoms with van der Waals surface area (Å²) in [6, 6.07) is 2.31. The van der Waals surface area contributed by atoms with Gasteiger partial charge in [0.1, 0.15) is 5.82 Å². The average molecular weight is 316 g/mol. The molecular weight excluding hydrogens is 301 g/mol. The first kappa shape index (κ1) is 15.9. The van der Waals surface area contributed by atoms with E-state index >= 15 is 0 Å². The summed E-state index contributed by atoms with van der Waals surface area (Å²) in [5.41, 5.74) is 0.412. The number of ether oxygens (including phenoxy) is 2.